The molecular formula is C44H64N6O9. The molecule has 5 rings (SSSR count). The number of esters is 1. The van der Waals surface area contributed by atoms with Gasteiger partial charge >= 0.3 is 5.97 Å². The van der Waals surface area contributed by atoms with E-state index >= 15 is 0 Å². The van der Waals surface area contributed by atoms with E-state index in [2.05, 4.69) is 20.6 Å². The van der Waals surface area contributed by atoms with Crippen molar-refractivity contribution in [1.82, 2.24) is 30.2 Å². The standard InChI is InChI=1S/C44H64N6O9/c1-8-38-33(25-51)19-26(2)13-14-36(52)27(3)20-31(15-16-45-17-18-50-24-35(47-48-50)32-21-30-11-9-10-12-34(30)46-23-32)43(28(4)37(53)22-39(54)58-38)59-44-42(56)40(49(6)7)41(55)29(5)57-44/h9-14,19,21,23-24,27-29,31,33,37-38,40-45,51,53,55-56H,8,15-18,20,22,25H2,1-7H3/b14-13+,26-19+/t27-,28+,29-,31+,33-,37-,38-,40+,41-,42-,43-,44+/m1/s1. The molecule has 0 bridgehead atoms. The van der Waals surface area contributed by atoms with Gasteiger partial charge in [-0.2, -0.15) is 0 Å². The lowest BCUT2D eigenvalue weighted by Crippen LogP contribution is -2.63. The van der Waals surface area contributed by atoms with E-state index in [4.69, 9.17) is 14.2 Å². The minimum atomic E-state index is -1.25. The van der Waals surface area contributed by atoms with E-state index in [9.17, 15) is 30.0 Å². The summed E-state index contributed by atoms with van der Waals surface area (Å²) >= 11 is 0. The van der Waals surface area contributed by atoms with Crippen LogP contribution in [0.1, 0.15) is 60.3 Å². The molecule has 324 valence electrons. The van der Waals surface area contributed by atoms with Crippen LogP contribution < -0.4 is 5.32 Å². The van der Waals surface area contributed by atoms with E-state index in [0.29, 0.717) is 44.6 Å². The van der Waals surface area contributed by atoms with Gasteiger partial charge in [0.1, 0.15) is 17.9 Å². The number of carbonyl (C=O) groups is 2. The Balaban J connectivity index is 1.37. The zero-order valence-corrected chi connectivity index (χ0v) is 35.4. The second-order valence-corrected chi connectivity index (χ2v) is 16.5. The SMILES string of the molecule is CC[C@H]1OC(=O)C[C@@H](O)[C@H](C)[C@@H](O[C@@H]2O[C@H](C)[C@@H](O)[C@H](N(C)C)[C@H]2O)[C@@H](CCNCCn2cc(-c3cnc4ccccc4c3)nn2)C[C@@H](C)C(=O)/C=C/C(C)=C/[C@@H]1CO. The van der Waals surface area contributed by atoms with Gasteiger partial charge in [-0.1, -0.05) is 61.9 Å². The van der Waals surface area contributed by atoms with E-state index in [1.54, 1.807) is 55.9 Å². The highest BCUT2D eigenvalue weighted by molar-refractivity contribution is 5.91. The van der Waals surface area contributed by atoms with Crippen LogP contribution in [-0.2, 0) is 30.3 Å². The molecule has 0 unspecified atom stereocenters. The van der Waals surface area contributed by atoms with Crippen LogP contribution in [0.2, 0.25) is 0 Å². The summed E-state index contributed by atoms with van der Waals surface area (Å²) in [6, 6.07) is 9.23. The molecule has 59 heavy (non-hydrogen) atoms. The molecule has 2 aromatic heterocycles. The number of allylic oxidation sites excluding steroid dienone is 3. The quantitative estimate of drug-likeness (QED) is 0.132. The molecule has 1 aromatic carbocycles. The van der Waals surface area contributed by atoms with Gasteiger partial charge in [-0.25, -0.2) is 0 Å². The van der Waals surface area contributed by atoms with Crippen molar-refractivity contribution in [1.29, 1.82) is 0 Å². The van der Waals surface area contributed by atoms with E-state index in [1.165, 1.54) is 6.08 Å². The number of para-hydroxylation sites is 1. The average molecular weight is 821 g/mol. The normalized spacial score (nSPS) is 33.1. The number of hydrogen-bond donors (Lipinski definition) is 5. The molecule has 2 aliphatic rings. The molecule has 3 aromatic rings. The highest BCUT2D eigenvalue weighted by Gasteiger charge is 2.47. The first-order valence-corrected chi connectivity index (χ1v) is 20.9. The van der Waals surface area contributed by atoms with Gasteiger partial charge in [-0.15, -0.1) is 5.10 Å². The van der Waals surface area contributed by atoms with Crippen LogP contribution in [-0.4, -0.2) is 140 Å². The number of aromatic nitrogens is 4. The van der Waals surface area contributed by atoms with E-state index in [-0.39, 0.29) is 24.7 Å². The summed E-state index contributed by atoms with van der Waals surface area (Å²) in [6.45, 7) is 10.4. The summed E-state index contributed by atoms with van der Waals surface area (Å²) < 4.78 is 20.4. The molecule has 5 N–H and O–H groups in total. The molecule has 12 atom stereocenters. The molecule has 0 amide bonds. The largest absolute Gasteiger partial charge is 0.462 e. The molecule has 0 aliphatic carbocycles. The van der Waals surface area contributed by atoms with Crippen LogP contribution in [0.4, 0.5) is 0 Å². The molecule has 15 heteroatoms. The Morgan fingerprint density at radius 3 is 2.54 bits per heavy atom. The molecule has 1 fully saturated rings. The number of aliphatic hydroxyl groups is 4. The summed E-state index contributed by atoms with van der Waals surface area (Å²) in [5.41, 5.74) is 3.23. The van der Waals surface area contributed by atoms with Crippen molar-refractivity contribution >= 4 is 22.7 Å². The van der Waals surface area contributed by atoms with Gasteiger partial charge in [0.15, 0.2) is 12.1 Å². The average Bonchev–Trinajstić information content (AvgIpc) is 3.69. The fourth-order valence-electron chi connectivity index (χ4n) is 8.21. The minimum absolute atomic E-state index is 0.101. The summed E-state index contributed by atoms with van der Waals surface area (Å²) in [4.78, 5) is 33.3. The number of ketones is 1. The Labute approximate surface area is 347 Å². The Morgan fingerprint density at radius 2 is 1.81 bits per heavy atom. The van der Waals surface area contributed by atoms with Crippen molar-refractivity contribution in [3.63, 3.8) is 0 Å². The minimum Gasteiger partial charge on any atom is -0.462 e. The summed E-state index contributed by atoms with van der Waals surface area (Å²) in [6.07, 6.45) is 2.90. The van der Waals surface area contributed by atoms with Crippen LogP contribution in [0.25, 0.3) is 22.2 Å². The summed E-state index contributed by atoms with van der Waals surface area (Å²) in [5, 5.41) is 57.5. The maximum Gasteiger partial charge on any atom is 0.308 e. The third kappa shape index (κ3) is 12.1. The zero-order valence-electron chi connectivity index (χ0n) is 35.4. The third-order valence-electron chi connectivity index (χ3n) is 11.8. The summed E-state index contributed by atoms with van der Waals surface area (Å²) in [7, 11) is 3.52. The third-order valence-corrected chi connectivity index (χ3v) is 11.8. The molecule has 0 spiro atoms. The lowest BCUT2D eigenvalue weighted by Gasteiger charge is -2.46. The van der Waals surface area contributed by atoms with Crippen LogP contribution in [0, 0.1) is 23.7 Å². The van der Waals surface area contributed by atoms with Gasteiger partial charge in [0.25, 0.3) is 0 Å². The van der Waals surface area contributed by atoms with E-state index < -0.39 is 72.7 Å². The van der Waals surface area contributed by atoms with Crippen molar-refractivity contribution in [3.05, 3.63) is 66.5 Å². The van der Waals surface area contributed by atoms with Gasteiger partial charge in [-0.05, 0) is 77.9 Å². The van der Waals surface area contributed by atoms with Crippen molar-refractivity contribution in [2.75, 3.05) is 33.8 Å². The fraction of sp³-hybridized carbons (Fsp3) is 0.614. The molecule has 0 saturated carbocycles. The van der Waals surface area contributed by atoms with Crippen molar-refractivity contribution in [2.24, 2.45) is 23.7 Å². The number of likely N-dealkylation sites (N-methyl/N-ethyl adjacent to an activating group) is 1. The first-order valence-electron chi connectivity index (χ1n) is 20.9. The molecule has 4 heterocycles. The maximum atomic E-state index is 13.7. The fourth-order valence-corrected chi connectivity index (χ4v) is 8.21. The van der Waals surface area contributed by atoms with Crippen LogP contribution in [0.15, 0.2) is 66.5 Å². The first kappa shape index (κ1) is 46.1. The van der Waals surface area contributed by atoms with Gasteiger partial charge in [0, 0.05) is 41.4 Å². The number of nitrogens with one attached hydrogen (secondary N) is 1. The van der Waals surface area contributed by atoms with Crippen LogP contribution >= 0.6 is 0 Å². The highest BCUT2D eigenvalue weighted by atomic mass is 16.7. The lowest BCUT2D eigenvalue weighted by molar-refractivity contribution is -0.304. The van der Waals surface area contributed by atoms with Crippen LogP contribution in [0.5, 0.6) is 0 Å². The molecule has 15 nitrogen and oxygen atoms in total. The van der Waals surface area contributed by atoms with Crippen molar-refractivity contribution in [3.8, 4) is 11.3 Å². The van der Waals surface area contributed by atoms with Crippen molar-refractivity contribution in [2.45, 2.75) is 116 Å². The molecular weight excluding hydrogens is 757 g/mol. The van der Waals surface area contributed by atoms with Gasteiger partial charge in [-0.3, -0.25) is 19.3 Å². The highest BCUT2D eigenvalue weighted by Crippen LogP contribution is 2.34. The Morgan fingerprint density at radius 1 is 1.05 bits per heavy atom. The monoisotopic (exact) mass is 820 g/mol. The Kier molecular flexibility index (Phi) is 16.9. The van der Waals surface area contributed by atoms with Crippen molar-refractivity contribution < 1.29 is 44.2 Å². The second-order valence-electron chi connectivity index (χ2n) is 16.5. The molecule has 1 saturated heterocycles. The number of rotatable bonds is 12. The predicted molar refractivity (Wildman–Crippen MR) is 223 cm³/mol. The van der Waals surface area contributed by atoms with Gasteiger partial charge in [0.05, 0.1) is 61.7 Å². The molecule has 2 aliphatic heterocycles. The smallest absolute Gasteiger partial charge is 0.308 e. The molecule has 0 radical (unpaired) electrons. The number of hydrogen-bond acceptors (Lipinski definition) is 14. The number of aliphatic hydroxyl groups excluding tert-OH is 4. The van der Waals surface area contributed by atoms with E-state index in [1.807, 2.05) is 57.3 Å². The Bertz CT molecular complexity index is 1890. The predicted octanol–water partition coefficient (Wildman–Crippen LogP) is 3.30. The zero-order chi connectivity index (χ0) is 42.8. The summed E-state index contributed by atoms with van der Waals surface area (Å²) in [5.74, 6) is -2.73. The number of pyridine rings is 1. The number of fused-ring (bicyclic) bond motifs is 1. The number of nitrogens with zero attached hydrogens (tertiary/aromatic N) is 5. The number of carbonyl (C=O) groups excluding carboxylic acids is 2. The number of ether oxygens (including phenoxy) is 3. The van der Waals surface area contributed by atoms with Gasteiger partial charge < -0.3 is 44.9 Å². The van der Waals surface area contributed by atoms with Gasteiger partial charge in [0.2, 0.25) is 0 Å². The topological polar surface area (TPSA) is 202 Å². The lowest BCUT2D eigenvalue weighted by atomic mass is 9.79. The second kappa shape index (κ2) is 21.5. The van der Waals surface area contributed by atoms with Crippen LogP contribution in [0.3, 0.4) is 0 Å². The van der Waals surface area contributed by atoms with E-state index in [0.717, 1.165) is 22.0 Å². The maximum absolute atomic E-state index is 13.7. The first-order chi connectivity index (χ1) is 28.2. The Hall–Kier alpha value is -3.93. The number of benzene rings is 1. The number of cyclic esters (lactones) is 1.